The van der Waals surface area contributed by atoms with E-state index in [1.165, 1.54) is 38.2 Å². The van der Waals surface area contributed by atoms with E-state index in [0.29, 0.717) is 23.7 Å². The molecule has 1 aromatic carbocycles. The van der Waals surface area contributed by atoms with E-state index in [2.05, 4.69) is 5.32 Å². The van der Waals surface area contributed by atoms with Crippen molar-refractivity contribution in [3.63, 3.8) is 0 Å². The molecule has 29 heavy (non-hydrogen) atoms. The molecule has 5 saturated carbocycles. The highest BCUT2D eigenvalue weighted by molar-refractivity contribution is 5.95. The summed E-state index contributed by atoms with van der Waals surface area (Å²) in [6.07, 6.45) is 8.72. The number of carbonyl (C=O) groups is 1. The standard InChI is InChI=1S/C23H28FNO4/c24-19-7-20(28-11-22-8-13-3-14(9-22)5-16(22)4-13)17(15-1-2-15)6-18(19)21(26)25-10-23(27)12-29-23/h6-7,13-16,27H,1-5,8-12H2,(H,25,26). The Balaban J connectivity index is 1.21. The van der Waals surface area contributed by atoms with E-state index in [1.54, 1.807) is 6.07 Å². The van der Waals surface area contributed by atoms with Gasteiger partial charge in [0.2, 0.25) is 5.79 Å². The predicted octanol–water partition coefficient (Wildman–Crippen LogP) is 3.36. The Kier molecular flexibility index (Phi) is 3.86. The molecule has 1 aliphatic heterocycles. The van der Waals surface area contributed by atoms with Gasteiger partial charge in [-0.1, -0.05) is 0 Å². The van der Waals surface area contributed by atoms with Crippen molar-refractivity contribution in [1.29, 1.82) is 0 Å². The summed E-state index contributed by atoms with van der Waals surface area (Å²) in [4.78, 5) is 12.4. The molecular weight excluding hydrogens is 373 g/mol. The third kappa shape index (κ3) is 3.15. The van der Waals surface area contributed by atoms with Crippen molar-refractivity contribution in [1.82, 2.24) is 5.32 Å². The second kappa shape index (κ2) is 6.17. The lowest BCUT2D eigenvalue weighted by atomic mass is 9.76. The Morgan fingerprint density at radius 3 is 2.62 bits per heavy atom. The van der Waals surface area contributed by atoms with Crippen LogP contribution < -0.4 is 10.1 Å². The van der Waals surface area contributed by atoms with Gasteiger partial charge >= 0.3 is 0 Å². The van der Waals surface area contributed by atoms with Crippen LogP contribution in [-0.2, 0) is 4.74 Å². The van der Waals surface area contributed by atoms with E-state index in [9.17, 15) is 14.3 Å². The average molecular weight is 401 g/mol. The van der Waals surface area contributed by atoms with Crippen LogP contribution in [0.15, 0.2) is 12.1 Å². The first-order valence-corrected chi connectivity index (χ1v) is 11.0. The fourth-order valence-electron chi connectivity index (χ4n) is 6.50. The van der Waals surface area contributed by atoms with Crippen LogP contribution in [0.2, 0.25) is 0 Å². The van der Waals surface area contributed by atoms with Crippen LogP contribution in [0.3, 0.4) is 0 Å². The molecular formula is C23H28FNO4. The van der Waals surface area contributed by atoms with Gasteiger partial charge in [-0.05, 0) is 80.2 Å². The zero-order valence-corrected chi connectivity index (χ0v) is 16.6. The molecule has 1 aromatic rings. The fourth-order valence-corrected chi connectivity index (χ4v) is 6.50. The Bertz CT molecular complexity index is 849. The number of carbonyl (C=O) groups excluding carboxylic acids is 1. The summed E-state index contributed by atoms with van der Waals surface area (Å²) in [5.74, 6) is 1.10. The van der Waals surface area contributed by atoms with Crippen LogP contribution in [0.5, 0.6) is 5.75 Å². The lowest BCUT2D eigenvalue weighted by Gasteiger charge is -2.33. The highest BCUT2D eigenvalue weighted by Crippen LogP contribution is 2.65. The Labute approximate surface area is 170 Å². The van der Waals surface area contributed by atoms with Gasteiger partial charge in [-0.3, -0.25) is 4.79 Å². The van der Waals surface area contributed by atoms with Crippen molar-refractivity contribution in [3.05, 3.63) is 29.1 Å². The second-order valence-corrected chi connectivity index (χ2v) is 10.3. The van der Waals surface area contributed by atoms with Gasteiger partial charge in [0.1, 0.15) is 18.2 Å². The van der Waals surface area contributed by atoms with Crippen molar-refractivity contribution >= 4 is 5.91 Å². The topological polar surface area (TPSA) is 71.1 Å². The molecule has 0 spiro atoms. The minimum Gasteiger partial charge on any atom is -0.493 e. The van der Waals surface area contributed by atoms with Gasteiger partial charge in [-0.2, -0.15) is 0 Å². The van der Waals surface area contributed by atoms with Crippen molar-refractivity contribution in [2.45, 2.75) is 56.7 Å². The van der Waals surface area contributed by atoms with Gasteiger partial charge in [0.25, 0.3) is 5.91 Å². The number of hydrogen-bond donors (Lipinski definition) is 2. The molecule has 6 aliphatic rings. The molecule has 156 valence electrons. The fraction of sp³-hybridized carbons (Fsp3) is 0.696. The van der Waals surface area contributed by atoms with E-state index in [0.717, 1.165) is 36.2 Å². The average Bonchev–Trinajstić information content (AvgIpc) is 3.60. The molecule has 5 nitrogen and oxygen atoms in total. The lowest BCUT2D eigenvalue weighted by molar-refractivity contribution is 0.0354. The Hall–Kier alpha value is -1.66. The van der Waals surface area contributed by atoms with Crippen LogP contribution >= 0.6 is 0 Å². The molecule has 3 atom stereocenters. The molecule has 6 fully saturated rings. The zero-order valence-electron chi connectivity index (χ0n) is 16.6. The second-order valence-electron chi connectivity index (χ2n) is 10.3. The molecule has 0 radical (unpaired) electrons. The van der Waals surface area contributed by atoms with E-state index < -0.39 is 17.5 Å². The molecule has 2 N–H and O–H groups in total. The van der Waals surface area contributed by atoms with Gasteiger partial charge in [0.05, 0.1) is 18.7 Å². The first-order chi connectivity index (χ1) is 13.9. The number of epoxide rings is 1. The van der Waals surface area contributed by atoms with Crippen LogP contribution in [-0.4, -0.2) is 36.6 Å². The van der Waals surface area contributed by atoms with Crippen LogP contribution in [0.4, 0.5) is 4.39 Å². The first-order valence-electron chi connectivity index (χ1n) is 11.0. The molecule has 3 unspecified atom stereocenters. The highest BCUT2D eigenvalue weighted by Gasteiger charge is 2.58. The number of ether oxygens (including phenoxy) is 2. The first kappa shape index (κ1) is 18.1. The molecule has 0 aromatic heterocycles. The zero-order chi connectivity index (χ0) is 19.8. The van der Waals surface area contributed by atoms with Crippen molar-refractivity contribution in [2.75, 3.05) is 19.8 Å². The third-order valence-corrected chi connectivity index (χ3v) is 8.04. The molecule has 1 saturated heterocycles. The summed E-state index contributed by atoms with van der Waals surface area (Å²) in [7, 11) is 0. The van der Waals surface area contributed by atoms with E-state index in [1.807, 2.05) is 0 Å². The molecule has 4 bridgehead atoms. The predicted molar refractivity (Wildman–Crippen MR) is 103 cm³/mol. The van der Waals surface area contributed by atoms with Gasteiger partial charge in [-0.15, -0.1) is 0 Å². The molecule has 1 amide bonds. The molecule has 5 aliphatic carbocycles. The number of aliphatic hydroxyl groups is 1. The minimum absolute atomic E-state index is 0.0162. The molecule has 6 heteroatoms. The SMILES string of the molecule is O=C(NCC1(O)CO1)c1cc(C2CC2)c(OCC23CC4CC(CC2C4)C3)cc1F. The summed E-state index contributed by atoms with van der Waals surface area (Å²) >= 11 is 0. The van der Waals surface area contributed by atoms with Crippen LogP contribution in [0.25, 0.3) is 0 Å². The van der Waals surface area contributed by atoms with Crippen LogP contribution in [0, 0.1) is 29.0 Å². The Morgan fingerprint density at radius 1 is 1.24 bits per heavy atom. The smallest absolute Gasteiger partial charge is 0.254 e. The van der Waals surface area contributed by atoms with Gasteiger partial charge in [-0.25, -0.2) is 4.39 Å². The summed E-state index contributed by atoms with van der Waals surface area (Å²) in [6, 6.07) is 3.06. The highest BCUT2D eigenvalue weighted by atomic mass is 19.1. The number of nitrogens with one attached hydrogen (secondary N) is 1. The minimum atomic E-state index is -1.28. The van der Waals surface area contributed by atoms with E-state index in [4.69, 9.17) is 9.47 Å². The molecule has 7 rings (SSSR count). The number of hydrogen-bond acceptors (Lipinski definition) is 4. The summed E-state index contributed by atoms with van der Waals surface area (Å²) in [5, 5.41) is 12.3. The summed E-state index contributed by atoms with van der Waals surface area (Å²) < 4.78 is 26.0. The lowest BCUT2D eigenvalue weighted by Crippen LogP contribution is -2.34. The maximum Gasteiger partial charge on any atom is 0.254 e. The largest absolute Gasteiger partial charge is 0.493 e. The number of halogens is 1. The number of rotatable bonds is 7. The van der Waals surface area contributed by atoms with E-state index >= 15 is 0 Å². The van der Waals surface area contributed by atoms with E-state index in [-0.39, 0.29) is 18.7 Å². The molecule has 1 heterocycles. The third-order valence-electron chi connectivity index (χ3n) is 8.04. The monoisotopic (exact) mass is 401 g/mol. The maximum atomic E-state index is 14.8. The van der Waals surface area contributed by atoms with Crippen LogP contribution in [0.1, 0.15) is 66.8 Å². The van der Waals surface area contributed by atoms with Gasteiger partial charge in [0.15, 0.2) is 0 Å². The quantitative estimate of drug-likeness (QED) is 0.688. The number of benzene rings is 1. The van der Waals surface area contributed by atoms with Crippen molar-refractivity contribution < 1.29 is 23.8 Å². The maximum absolute atomic E-state index is 14.8. The van der Waals surface area contributed by atoms with Gasteiger partial charge < -0.3 is 19.9 Å². The summed E-state index contributed by atoms with van der Waals surface area (Å²) in [5.41, 5.74) is 1.26. The van der Waals surface area contributed by atoms with Crippen molar-refractivity contribution in [2.24, 2.45) is 23.2 Å². The normalized spacial score (nSPS) is 39.0. The summed E-state index contributed by atoms with van der Waals surface area (Å²) in [6.45, 7) is 0.842. The van der Waals surface area contributed by atoms with Crippen molar-refractivity contribution in [3.8, 4) is 5.75 Å². The number of amides is 1. The van der Waals surface area contributed by atoms with Gasteiger partial charge in [0, 0.05) is 11.5 Å². The Morgan fingerprint density at radius 2 is 1.97 bits per heavy atom.